The molecule has 0 bridgehead atoms. The van der Waals surface area contributed by atoms with Gasteiger partial charge in [0.2, 0.25) is 0 Å². The zero-order valence-corrected chi connectivity index (χ0v) is 15.6. The number of carbonyl (C=O) groups is 1. The van der Waals surface area contributed by atoms with Crippen LogP contribution in [0.2, 0.25) is 5.02 Å². The van der Waals surface area contributed by atoms with E-state index in [1.807, 2.05) is 25.1 Å². The number of halogens is 1. The number of aryl methyl sites for hydroxylation is 1. The number of fused-ring (bicyclic) bond motifs is 1. The van der Waals surface area contributed by atoms with E-state index in [9.17, 15) is 4.79 Å². The van der Waals surface area contributed by atoms with E-state index in [0.29, 0.717) is 39.7 Å². The number of rotatable bonds is 4. The van der Waals surface area contributed by atoms with Crippen LogP contribution in [-0.2, 0) is 6.42 Å². The number of hydrogen-bond acceptors (Lipinski definition) is 4. The Labute approximate surface area is 160 Å². The van der Waals surface area contributed by atoms with Crippen LogP contribution in [-0.4, -0.2) is 20.7 Å². The summed E-state index contributed by atoms with van der Waals surface area (Å²) in [7, 11) is 0. The second-order valence-electron chi connectivity index (χ2n) is 6.12. The van der Waals surface area contributed by atoms with E-state index in [-0.39, 0.29) is 5.91 Å². The Hall–Kier alpha value is -3.12. The van der Waals surface area contributed by atoms with Gasteiger partial charge in [-0.1, -0.05) is 24.6 Å². The maximum Gasteiger partial charge on any atom is 0.259 e. The lowest BCUT2D eigenvalue weighted by Crippen LogP contribution is -2.14. The maximum atomic E-state index is 12.8. The highest BCUT2D eigenvalue weighted by Crippen LogP contribution is 2.22. The third kappa shape index (κ3) is 3.31. The van der Waals surface area contributed by atoms with Crippen molar-refractivity contribution in [3.8, 4) is 5.69 Å². The molecule has 0 aliphatic carbocycles. The molecule has 4 aromatic rings. The Morgan fingerprint density at radius 1 is 1.26 bits per heavy atom. The molecular weight excluding hydrogens is 364 g/mol. The summed E-state index contributed by atoms with van der Waals surface area (Å²) in [6, 6.07) is 12.7. The topological polar surface area (TPSA) is 73.0 Å². The molecule has 0 atom stereocenters. The average Bonchev–Trinajstić information content (AvgIpc) is 3.23. The van der Waals surface area contributed by atoms with Gasteiger partial charge in [-0.3, -0.25) is 4.79 Å². The van der Waals surface area contributed by atoms with Crippen molar-refractivity contribution in [2.45, 2.75) is 20.3 Å². The summed E-state index contributed by atoms with van der Waals surface area (Å²) < 4.78 is 7.20. The van der Waals surface area contributed by atoms with Gasteiger partial charge in [0.1, 0.15) is 5.52 Å². The van der Waals surface area contributed by atoms with Crippen LogP contribution in [0.25, 0.3) is 16.8 Å². The van der Waals surface area contributed by atoms with Crippen LogP contribution in [0.1, 0.15) is 28.9 Å². The molecule has 0 fully saturated rings. The van der Waals surface area contributed by atoms with E-state index in [4.69, 9.17) is 16.0 Å². The lowest BCUT2D eigenvalue weighted by Gasteiger charge is -2.09. The number of amides is 1. The van der Waals surface area contributed by atoms with Gasteiger partial charge >= 0.3 is 0 Å². The smallest absolute Gasteiger partial charge is 0.259 e. The van der Waals surface area contributed by atoms with Gasteiger partial charge in [0.05, 0.1) is 23.1 Å². The van der Waals surface area contributed by atoms with E-state index in [2.05, 4.69) is 15.4 Å². The Morgan fingerprint density at radius 2 is 2.11 bits per heavy atom. The van der Waals surface area contributed by atoms with E-state index >= 15 is 0 Å². The van der Waals surface area contributed by atoms with Gasteiger partial charge in [0.25, 0.3) is 5.91 Å². The predicted octanol–water partition coefficient (Wildman–Crippen LogP) is 4.79. The number of hydrogen-bond donors (Lipinski definition) is 1. The first kappa shape index (κ1) is 17.3. The van der Waals surface area contributed by atoms with E-state index in [0.717, 1.165) is 11.4 Å². The Morgan fingerprint density at radius 3 is 2.89 bits per heavy atom. The molecule has 0 saturated carbocycles. The quantitative estimate of drug-likeness (QED) is 0.552. The molecule has 7 heteroatoms. The molecule has 2 aromatic heterocycles. The van der Waals surface area contributed by atoms with Crippen LogP contribution in [0, 0.1) is 6.92 Å². The SMILES string of the molecule is CCc1c(C(=O)Nc2ccc3oc(C)nc3c2)cnn1-c1cccc(Cl)c1. The molecular formula is C20H17ClN4O2. The van der Waals surface area contributed by atoms with Gasteiger partial charge in [0.15, 0.2) is 11.5 Å². The highest BCUT2D eigenvalue weighted by Gasteiger charge is 2.18. The van der Waals surface area contributed by atoms with Gasteiger partial charge in [-0.15, -0.1) is 0 Å². The fraction of sp³-hybridized carbons (Fsp3) is 0.150. The molecule has 6 nitrogen and oxygen atoms in total. The molecule has 1 N–H and O–H groups in total. The van der Waals surface area contributed by atoms with Crippen molar-refractivity contribution in [3.05, 3.63) is 70.8 Å². The van der Waals surface area contributed by atoms with Crippen molar-refractivity contribution < 1.29 is 9.21 Å². The first-order valence-electron chi connectivity index (χ1n) is 8.56. The molecule has 2 aromatic carbocycles. The molecule has 0 unspecified atom stereocenters. The number of oxazole rings is 1. The minimum Gasteiger partial charge on any atom is -0.441 e. The van der Waals surface area contributed by atoms with Gasteiger partial charge in [-0.25, -0.2) is 9.67 Å². The second kappa shape index (κ2) is 6.89. The summed E-state index contributed by atoms with van der Waals surface area (Å²) in [6.07, 6.45) is 2.23. The standard InChI is InChI=1S/C20H17ClN4O2/c1-3-18-16(11-22-25(18)15-6-4-5-13(21)9-15)20(26)24-14-7-8-19-17(10-14)23-12(2)27-19/h4-11H,3H2,1-2H3,(H,24,26). The summed E-state index contributed by atoms with van der Waals surface area (Å²) in [4.78, 5) is 17.1. The number of carbonyl (C=O) groups excluding carboxylic acids is 1. The van der Waals surface area contributed by atoms with Crippen molar-refractivity contribution in [1.82, 2.24) is 14.8 Å². The van der Waals surface area contributed by atoms with Gasteiger partial charge in [0, 0.05) is 17.6 Å². The summed E-state index contributed by atoms with van der Waals surface area (Å²) in [5.41, 5.74) is 4.20. The molecule has 27 heavy (non-hydrogen) atoms. The zero-order chi connectivity index (χ0) is 19.0. The molecule has 0 spiro atoms. The normalized spacial score (nSPS) is 11.1. The lowest BCUT2D eigenvalue weighted by molar-refractivity contribution is 0.102. The third-order valence-corrected chi connectivity index (χ3v) is 4.49. The monoisotopic (exact) mass is 380 g/mol. The molecule has 136 valence electrons. The highest BCUT2D eigenvalue weighted by atomic mass is 35.5. The average molecular weight is 381 g/mol. The Balaban J connectivity index is 1.65. The summed E-state index contributed by atoms with van der Waals surface area (Å²) in [6.45, 7) is 3.77. The first-order chi connectivity index (χ1) is 13.0. The molecule has 0 aliphatic rings. The second-order valence-corrected chi connectivity index (χ2v) is 6.56. The van der Waals surface area contributed by atoms with Crippen LogP contribution in [0.4, 0.5) is 5.69 Å². The van der Waals surface area contributed by atoms with Crippen LogP contribution in [0.15, 0.2) is 53.1 Å². The van der Waals surface area contributed by atoms with E-state index < -0.39 is 0 Å². The Kier molecular flexibility index (Phi) is 4.41. The number of anilines is 1. The minimum absolute atomic E-state index is 0.223. The van der Waals surface area contributed by atoms with E-state index in [1.54, 1.807) is 42.1 Å². The maximum absolute atomic E-state index is 12.8. The summed E-state index contributed by atoms with van der Waals surface area (Å²) >= 11 is 6.08. The van der Waals surface area contributed by atoms with Gasteiger partial charge < -0.3 is 9.73 Å². The van der Waals surface area contributed by atoms with Crippen molar-refractivity contribution in [1.29, 1.82) is 0 Å². The number of nitrogens with zero attached hydrogens (tertiary/aromatic N) is 3. The molecule has 2 heterocycles. The number of aromatic nitrogens is 3. The predicted molar refractivity (Wildman–Crippen MR) is 105 cm³/mol. The van der Waals surface area contributed by atoms with Gasteiger partial charge in [-0.05, 0) is 42.8 Å². The number of nitrogens with one attached hydrogen (secondary N) is 1. The molecule has 0 saturated heterocycles. The van der Waals surface area contributed by atoms with Gasteiger partial charge in [-0.2, -0.15) is 5.10 Å². The Bertz CT molecular complexity index is 1150. The molecule has 4 rings (SSSR count). The van der Waals surface area contributed by atoms with Crippen LogP contribution in [0.3, 0.4) is 0 Å². The fourth-order valence-corrected chi connectivity index (χ4v) is 3.24. The van der Waals surface area contributed by atoms with E-state index in [1.165, 1.54) is 0 Å². The zero-order valence-electron chi connectivity index (χ0n) is 14.9. The molecule has 0 radical (unpaired) electrons. The number of benzene rings is 2. The largest absolute Gasteiger partial charge is 0.441 e. The minimum atomic E-state index is -0.223. The van der Waals surface area contributed by atoms with Crippen molar-refractivity contribution in [2.75, 3.05) is 5.32 Å². The van der Waals surface area contributed by atoms with Crippen LogP contribution >= 0.6 is 11.6 Å². The van der Waals surface area contributed by atoms with Crippen molar-refractivity contribution >= 4 is 34.3 Å². The molecule has 1 amide bonds. The summed E-state index contributed by atoms with van der Waals surface area (Å²) in [5.74, 6) is 0.365. The fourth-order valence-electron chi connectivity index (χ4n) is 3.05. The van der Waals surface area contributed by atoms with Crippen molar-refractivity contribution in [3.63, 3.8) is 0 Å². The molecule has 0 aliphatic heterocycles. The lowest BCUT2D eigenvalue weighted by atomic mass is 10.1. The summed E-state index contributed by atoms with van der Waals surface area (Å²) in [5, 5.41) is 7.91. The first-order valence-corrected chi connectivity index (χ1v) is 8.94. The highest BCUT2D eigenvalue weighted by molar-refractivity contribution is 6.30. The third-order valence-electron chi connectivity index (χ3n) is 4.25. The van der Waals surface area contributed by atoms with Crippen molar-refractivity contribution in [2.24, 2.45) is 0 Å². The van der Waals surface area contributed by atoms with Crippen LogP contribution < -0.4 is 5.32 Å². The van der Waals surface area contributed by atoms with Crippen LogP contribution in [0.5, 0.6) is 0 Å².